The zero-order valence-corrected chi connectivity index (χ0v) is 13.0. The van der Waals surface area contributed by atoms with Crippen LogP contribution in [0.2, 0.25) is 0 Å². The van der Waals surface area contributed by atoms with Crippen molar-refractivity contribution >= 4 is 50.1 Å². The minimum absolute atomic E-state index is 0.256. The molecule has 1 aromatic carbocycles. The maximum Gasteiger partial charge on any atom is 0.291 e. The van der Waals surface area contributed by atoms with Crippen molar-refractivity contribution in [1.29, 1.82) is 0 Å². The molecule has 3 N–H and O–H groups in total. The van der Waals surface area contributed by atoms with Crippen LogP contribution in [0.3, 0.4) is 0 Å². The number of halogens is 2. The van der Waals surface area contributed by atoms with E-state index in [9.17, 15) is 4.79 Å². The van der Waals surface area contributed by atoms with E-state index < -0.39 is 0 Å². The van der Waals surface area contributed by atoms with E-state index in [0.29, 0.717) is 5.76 Å². The molecule has 0 radical (unpaired) electrons. The summed E-state index contributed by atoms with van der Waals surface area (Å²) in [5.74, 6) is 0.557. The molecule has 0 fully saturated rings. The molecule has 4 nitrogen and oxygen atoms in total. The van der Waals surface area contributed by atoms with E-state index in [1.165, 1.54) is 0 Å². The molecule has 1 amide bonds. The van der Waals surface area contributed by atoms with Gasteiger partial charge >= 0.3 is 0 Å². The third kappa shape index (κ3) is 3.12. The Labute approximate surface area is 126 Å². The molecule has 0 unspecified atom stereocenters. The van der Waals surface area contributed by atoms with Gasteiger partial charge in [0.1, 0.15) is 5.76 Å². The monoisotopic (exact) mass is 420 g/mol. The highest BCUT2D eigenvalue weighted by Gasteiger charge is 2.12. The number of anilines is 1. The van der Waals surface area contributed by atoms with Crippen LogP contribution in [0.25, 0.3) is 0 Å². The van der Waals surface area contributed by atoms with Gasteiger partial charge in [-0.1, -0.05) is 15.9 Å². The van der Waals surface area contributed by atoms with E-state index in [1.807, 2.05) is 18.2 Å². The summed E-state index contributed by atoms with van der Waals surface area (Å²) in [6.45, 7) is 0.279. The minimum Gasteiger partial charge on any atom is -0.455 e. The first-order valence-corrected chi connectivity index (χ1v) is 7.02. The Kier molecular flexibility index (Phi) is 4.41. The predicted octanol–water partition coefficient (Wildman–Crippen LogP) is 3.36. The molecule has 6 heteroatoms. The van der Waals surface area contributed by atoms with Crippen LogP contribution in [-0.2, 0) is 6.54 Å². The summed E-state index contributed by atoms with van der Waals surface area (Å²) in [6, 6.07) is 8.97. The van der Waals surface area contributed by atoms with Gasteiger partial charge in [-0.3, -0.25) is 4.79 Å². The number of benzene rings is 1. The van der Waals surface area contributed by atoms with E-state index in [1.54, 1.807) is 12.1 Å². The Bertz CT molecular complexity index is 583. The SMILES string of the molecule is NCc1ccc(C(=O)Nc2cc(Br)ccc2I)o1. The molecule has 1 heterocycles. The first-order valence-electron chi connectivity index (χ1n) is 5.15. The average Bonchev–Trinajstić information content (AvgIpc) is 2.82. The maximum absolute atomic E-state index is 11.9. The fourth-order valence-electron chi connectivity index (χ4n) is 1.39. The van der Waals surface area contributed by atoms with Crippen molar-refractivity contribution in [3.05, 3.63) is 49.9 Å². The zero-order valence-electron chi connectivity index (χ0n) is 9.24. The highest BCUT2D eigenvalue weighted by molar-refractivity contribution is 14.1. The van der Waals surface area contributed by atoms with Gasteiger partial charge in [-0.2, -0.15) is 0 Å². The van der Waals surface area contributed by atoms with Crippen LogP contribution < -0.4 is 11.1 Å². The van der Waals surface area contributed by atoms with Crippen molar-refractivity contribution in [2.45, 2.75) is 6.54 Å². The fourth-order valence-corrected chi connectivity index (χ4v) is 2.22. The lowest BCUT2D eigenvalue weighted by Crippen LogP contribution is -2.12. The molecule has 2 rings (SSSR count). The van der Waals surface area contributed by atoms with Crippen molar-refractivity contribution in [2.24, 2.45) is 5.73 Å². The normalized spacial score (nSPS) is 10.4. The van der Waals surface area contributed by atoms with Gasteiger partial charge in [-0.25, -0.2) is 0 Å². The Balaban J connectivity index is 2.18. The number of amides is 1. The Hall–Kier alpha value is -0.860. The molecular weight excluding hydrogens is 411 g/mol. The van der Waals surface area contributed by atoms with Crippen LogP contribution in [0, 0.1) is 3.57 Å². The topological polar surface area (TPSA) is 68.3 Å². The quantitative estimate of drug-likeness (QED) is 0.748. The van der Waals surface area contributed by atoms with Crippen molar-refractivity contribution < 1.29 is 9.21 Å². The Morgan fingerprint density at radius 3 is 2.83 bits per heavy atom. The molecule has 94 valence electrons. The molecule has 1 aromatic heterocycles. The van der Waals surface area contributed by atoms with Gasteiger partial charge in [0.15, 0.2) is 5.76 Å². The van der Waals surface area contributed by atoms with Crippen LogP contribution in [0.5, 0.6) is 0 Å². The van der Waals surface area contributed by atoms with E-state index in [4.69, 9.17) is 10.2 Å². The van der Waals surface area contributed by atoms with Gasteiger partial charge in [-0.15, -0.1) is 0 Å². The molecule has 0 saturated carbocycles. The highest BCUT2D eigenvalue weighted by atomic mass is 127. The number of furan rings is 1. The summed E-state index contributed by atoms with van der Waals surface area (Å²) in [5.41, 5.74) is 6.16. The molecule has 0 saturated heterocycles. The van der Waals surface area contributed by atoms with Crippen molar-refractivity contribution in [3.8, 4) is 0 Å². The van der Waals surface area contributed by atoms with Crippen molar-refractivity contribution in [3.63, 3.8) is 0 Å². The third-order valence-electron chi connectivity index (χ3n) is 2.26. The number of nitrogens with one attached hydrogen (secondary N) is 1. The van der Waals surface area contributed by atoms with Crippen molar-refractivity contribution in [2.75, 3.05) is 5.32 Å². The minimum atomic E-state index is -0.286. The number of carbonyl (C=O) groups is 1. The molecule has 0 aliphatic rings. The molecule has 0 atom stereocenters. The largest absolute Gasteiger partial charge is 0.455 e. The number of carbonyl (C=O) groups excluding carboxylic acids is 1. The van der Waals surface area contributed by atoms with Gasteiger partial charge in [0.2, 0.25) is 0 Å². The smallest absolute Gasteiger partial charge is 0.291 e. The van der Waals surface area contributed by atoms with E-state index in [2.05, 4.69) is 43.8 Å². The summed E-state index contributed by atoms with van der Waals surface area (Å²) >= 11 is 5.52. The van der Waals surface area contributed by atoms with Gasteiger partial charge in [0.05, 0.1) is 12.2 Å². The summed E-state index contributed by atoms with van der Waals surface area (Å²) in [5, 5.41) is 2.79. The standard InChI is InChI=1S/C12H10BrIN2O2/c13-7-1-3-9(14)10(5-7)16-12(17)11-4-2-8(6-15)18-11/h1-5H,6,15H2,(H,16,17). The number of hydrogen-bond acceptors (Lipinski definition) is 3. The first-order chi connectivity index (χ1) is 8.60. The van der Waals surface area contributed by atoms with E-state index in [0.717, 1.165) is 13.7 Å². The Morgan fingerprint density at radius 2 is 2.17 bits per heavy atom. The van der Waals surface area contributed by atoms with Gasteiger partial charge in [-0.05, 0) is 52.9 Å². The van der Waals surface area contributed by atoms with E-state index in [-0.39, 0.29) is 18.2 Å². The fraction of sp³-hybridized carbons (Fsp3) is 0.0833. The summed E-state index contributed by atoms with van der Waals surface area (Å²) in [7, 11) is 0. The zero-order chi connectivity index (χ0) is 13.1. The molecular formula is C12H10BrIN2O2. The Morgan fingerprint density at radius 1 is 1.39 bits per heavy atom. The lowest BCUT2D eigenvalue weighted by atomic mass is 10.3. The van der Waals surface area contributed by atoms with Crippen LogP contribution in [0.15, 0.2) is 39.2 Å². The number of rotatable bonds is 3. The van der Waals surface area contributed by atoms with Crippen LogP contribution in [0.4, 0.5) is 5.69 Å². The average molecular weight is 421 g/mol. The molecule has 0 spiro atoms. The molecule has 0 aliphatic carbocycles. The lowest BCUT2D eigenvalue weighted by molar-refractivity contribution is 0.0995. The van der Waals surface area contributed by atoms with Gasteiger partial charge in [0, 0.05) is 8.04 Å². The van der Waals surface area contributed by atoms with Gasteiger partial charge in [0.25, 0.3) is 5.91 Å². The predicted molar refractivity (Wildman–Crippen MR) is 81.4 cm³/mol. The highest BCUT2D eigenvalue weighted by Crippen LogP contribution is 2.23. The molecule has 0 bridgehead atoms. The van der Waals surface area contributed by atoms with Crippen LogP contribution in [-0.4, -0.2) is 5.91 Å². The first kappa shape index (κ1) is 13.6. The van der Waals surface area contributed by atoms with Crippen LogP contribution in [0.1, 0.15) is 16.3 Å². The van der Waals surface area contributed by atoms with E-state index >= 15 is 0 Å². The second-order valence-electron chi connectivity index (χ2n) is 3.55. The second-order valence-corrected chi connectivity index (χ2v) is 5.63. The van der Waals surface area contributed by atoms with Crippen molar-refractivity contribution in [1.82, 2.24) is 0 Å². The van der Waals surface area contributed by atoms with Crippen LogP contribution >= 0.6 is 38.5 Å². The summed E-state index contributed by atoms with van der Waals surface area (Å²) in [4.78, 5) is 11.9. The molecule has 0 aliphatic heterocycles. The lowest BCUT2D eigenvalue weighted by Gasteiger charge is -2.06. The van der Waals surface area contributed by atoms with Gasteiger partial charge < -0.3 is 15.5 Å². The molecule has 18 heavy (non-hydrogen) atoms. The number of nitrogens with two attached hydrogens (primary N) is 1. The summed E-state index contributed by atoms with van der Waals surface area (Å²) in [6.07, 6.45) is 0. The second kappa shape index (κ2) is 5.85. The summed E-state index contributed by atoms with van der Waals surface area (Å²) < 4.78 is 7.14. The molecule has 2 aromatic rings. The number of hydrogen-bond donors (Lipinski definition) is 2. The maximum atomic E-state index is 11.9. The third-order valence-corrected chi connectivity index (χ3v) is 3.70.